The number of nitrogens with zero attached hydrogens (tertiary/aromatic N) is 2. The summed E-state index contributed by atoms with van der Waals surface area (Å²) in [4.78, 5) is 16.5. The van der Waals surface area contributed by atoms with Gasteiger partial charge in [-0.15, -0.1) is 0 Å². The number of hydrogen-bond acceptors (Lipinski definition) is 2. The summed E-state index contributed by atoms with van der Waals surface area (Å²) in [5.41, 5.74) is 8.84. The van der Waals surface area contributed by atoms with Gasteiger partial charge in [-0.25, -0.2) is 4.98 Å². The van der Waals surface area contributed by atoms with Crippen molar-refractivity contribution in [2.45, 2.75) is 19.9 Å². The van der Waals surface area contributed by atoms with E-state index in [1.807, 2.05) is 24.4 Å². The Bertz CT molecular complexity index is 1030. The number of fused-ring (bicyclic) bond motifs is 5. The number of H-pyrrole nitrogens is 1. The third kappa shape index (κ3) is 1.65. The lowest BCUT2D eigenvalue weighted by Gasteiger charge is -2.03. The summed E-state index contributed by atoms with van der Waals surface area (Å²) in [6, 6.07) is 9.57. The molecule has 110 valence electrons. The number of aromatic nitrogens is 3. The SMILES string of the molecule is CCCn1[nH]cc2ccc3c(nc4cccc(C(N)=O)c43)c21. The number of benzene rings is 2. The zero-order valence-corrected chi connectivity index (χ0v) is 12.3. The number of primary amides is 1. The van der Waals surface area contributed by atoms with Gasteiger partial charge < -0.3 is 10.8 Å². The maximum atomic E-state index is 11.7. The lowest BCUT2D eigenvalue weighted by molar-refractivity contribution is 0.100. The first-order chi connectivity index (χ1) is 10.7. The van der Waals surface area contributed by atoms with Crippen molar-refractivity contribution in [2.24, 2.45) is 5.73 Å². The molecule has 2 aromatic carbocycles. The van der Waals surface area contributed by atoms with Gasteiger partial charge in [-0.1, -0.05) is 25.1 Å². The fraction of sp³-hybridized carbons (Fsp3) is 0.176. The predicted octanol–water partition coefficient (Wildman–Crippen LogP) is 3.18. The highest BCUT2D eigenvalue weighted by Gasteiger charge is 2.16. The molecule has 4 rings (SSSR count). The van der Waals surface area contributed by atoms with Gasteiger partial charge in [0, 0.05) is 34.5 Å². The Morgan fingerprint density at radius 2 is 2.18 bits per heavy atom. The molecule has 0 saturated heterocycles. The summed E-state index contributed by atoms with van der Waals surface area (Å²) in [5, 5.41) is 6.21. The van der Waals surface area contributed by atoms with Crippen molar-refractivity contribution >= 4 is 38.6 Å². The third-order valence-corrected chi connectivity index (χ3v) is 4.08. The van der Waals surface area contributed by atoms with Crippen LogP contribution in [-0.4, -0.2) is 20.7 Å². The molecule has 1 amide bonds. The molecule has 0 aliphatic heterocycles. The van der Waals surface area contributed by atoms with Crippen molar-refractivity contribution in [1.29, 1.82) is 0 Å². The quantitative estimate of drug-likeness (QED) is 0.608. The van der Waals surface area contributed by atoms with Crippen molar-refractivity contribution in [2.75, 3.05) is 0 Å². The molecule has 0 bridgehead atoms. The van der Waals surface area contributed by atoms with Gasteiger partial charge in [0.15, 0.2) is 0 Å². The minimum Gasteiger partial charge on any atom is -0.366 e. The topological polar surface area (TPSA) is 76.7 Å². The van der Waals surface area contributed by atoms with Crippen LogP contribution in [0.5, 0.6) is 0 Å². The lowest BCUT2D eigenvalue weighted by Crippen LogP contribution is -2.10. The number of aryl methyl sites for hydroxylation is 1. The zero-order chi connectivity index (χ0) is 15.3. The van der Waals surface area contributed by atoms with E-state index >= 15 is 0 Å². The van der Waals surface area contributed by atoms with Crippen molar-refractivity contribution < 1.29 is 4.79 Å². The van der Waals surface area contributed by atoms with Gasteiger partial charge in [0.05, 0.1) is 16.6 Å². The number of rotatable bonds is 3. The second kappa shape index (κ2) is 4.59. The largest absolute Gasteiger partial charge is 0.366 e. The molecule has 4 aromatic rings. The van der Waals surface area contributed by atoms with E-state index in [2.05, 4.69) is 22.8 Å². The molecule has 2 aromatic heterocycles. The van der Waals surface area contributed by atoms with Gasteiger partial charge in [0.1, 0.15) is 0 Å². The smallest absolute Gasteiger partial charge is 0.249 e. The molecule has 0 fully saturated rings. The molecule has 0 aliphatic rings. The first-order valence-electron chi connectivity index (χ1n) is 7.39. The normalized spacial score (nSPS) is 11.7. The molecule has 0 radical (unpaired) electrons. The van der Waals surface area contributed by atoms with Gasteiger partial charge in [-0.3, -0.25) is 9.48 Å². The van der Waals surface area contributed by atoms with Crippen LogP contribution < -0.4 is 5.73 Å². The third-order valence-electron chi connectivity index (χ3n) is 4.08. The van der Waals surface area contributed by atoms with Crippen molar-refractivity contribution in [3.05, 3.63) is 42.1 Å². The highest BCUT2D eigenvalue weighted by atomic mass is 16.1. The van der Waals surface area contributed by atoms with Crippen molar-refractivity contribution in [3.8, 4) is 0 Å². The van der Waals surface area contributed by atoms with Gasteiger partial charge in [0.2, 0.25) is 5.91 Å². The van der Waals surface area contributed by atoms with E-state index in [0.29, 0.717) is 5.56 Å². The molecule has 0 aliphatic carbocycles. The highest BCUT2D eigenvalue weighted by Crippen LogP contribution is 2.33. The van der Waals surface area contributed by atoms with E-state index in [-0.39, 0.29) is 0 Å². The van der Waals surface area contributed by atoms with Crippen LogP contribution >= 0.6 is 0 Å². The number of carbonyl (C=O) groups excluding carboxylic acids is 1. The Morgan fingerprint density at radius 3 is 2.95 bits per heavy atom. The summed E-state index contributed by atoms with van der Waals surface area (Å²) in [6.07, 6.45) is 3.02. The van der Waals surface area contributed by atoms with E-state index in [1.54, 1.807) is 6.07 Å². The van der Waals surface area contributed by atoms with Crippen LogP contribution in [0, 0.1) is 0 Å². The van der Waals surface area contributed by atoms with Gasteiger partial charge >= 0.3 is 0 Å². The van der Waals surface area contributed by atoms with E-state index in [4.69, 9.17) is 10.7 Å². The minimum absolute atomic E-state index is 0.421. The van der Waals surface area contributed by atoms with Crippen LogP contribution in [0.1, 0.15) is 23.7 Å². The lowest BCUT2D eigenvalue weighted by atomic mass is 10.1. The summed E-state index contributed by atoms with van der Waals surface area (Å²) in [7, 11) is 0. The average Bonchev–Trinajstić information content (AvgIpc) is 3.08. The summed E-state index contributed by atoms with van der Waals surface area (Å²) < 4.78 is 2.10. The first kappa shape index (κ1) is 12.9. The second-order valence-corrected chi connectivity index (χ2v) is 5.50. The Labute approximate surface area is 126 Å². The fourth-order valence-corrected chi connectivity index (χ4v) is 3.16. The second-order valence-electron chi connectivity index (χ2n) is 5.50. The van der Waals surface area contributed by atoms with Crippen LogP contribution in [0.15, 0.2) is 36.5 Å². The number of aromatic amines is 1. The summed E-state index contributed by atoms with van der Waals surface area (Å²) >= 11 is 0. The molecule has 0 atom stereocenters. The van der Waals surface area contributed by atoms with E-state index in [0.717, 1.165) is 45.7 Å². The monoisotopic (exact) mass is 292 g/mol. The van der Waals surface area contributed by atoms with E-state index < -0.39 is 5.91 Å². The molecule has 2 heterocycles. The molecule has 0 saturated carbocycles. The number of hydrogen-bond donors (Lipinski definition) is 2. The van der Waals surface area contributed by atoms with E-state index in [9.17, 15) is 4.79 Å². The Balaban J connectivity index is 2.19. The Hall–Kier alpha value is -2.82. The van der Waals surface area contributed by atoms with E-state index in [1.165, 1.54) is 0 Å². The zero-order valence-electron chi connectivity index (χ0n) is 12.3. The Kier molecular flexibility index (Phi) is 2.69. The number of nitrogens with one attached hydrogen (secondary N) is 1. The van der Waals surface area contributed by atoms with Crippen LogP contribution in [-0.2, 0) is 6.54 Å². The summed E-state index contributed by atoms with van der Waals surface area (Å²) in [6.45, 7) is 3.04. The number of carbonyl (C=O) groups is 1. The van der Waals surface area contributed by atoms with Gasteiger partial charge in [0.25, 0.3) is 0 Å². The molecular formula is C17H16N4O. The molecule has 3 N–H and O–H groups in total. The maximum Gasteiger partial charge on any atom is 0.249 e. The first-order valence-corrected chi connectivity index (χ1v) is 7.39. The molecule has 0 unspecified atom stereocenters. The van der Waals surface area contributed by atoms with Crippen LogP contribution in [0.25, 0.3) is 32.7 Å². The van der Waals surface area contributed by atoms with Gasteiger partial charge in [-0.2, -0.15) is 0 Å². The minimum atomic E-state index is -0.421. The molecule has 5 heteroatoms. The maximum absolute atomic E-state index is 11.7. The van der Waals surface area contributed by atoms with Crippen LogP contribution in [0.3, 0.4) is 0 Å². The Morgan fingerprint density at radius 1 is 1.32 bits per heavy atom. The molecule has 22 heavy (non-hydrogen) atoms. The number of amides is 1. The summed E-state index contributed by atoms with van der Waals surface area (Å²) in [5.74, 6) is -0.421. The number of nitrogens with two attached hydrogens (primary N) is 1. The van der Waals surface area contributed by atoms with Crippen LogP contribution in [0.4, 0.5) is 0 Å². The molecule has 0 spiro atoms. The van der Waals surface area contributed by atoms with Crippen molar-refractivity contribution in [1.82, 2.24) is 14.8 Å². The predicted molar refractivity (Wildman–Crippen MR) is 87.9 cm³/mol. The van der Waals surface area contributed by atoms with Crippen molar-refractivity contribution in [3.63, 3.8) is 0 Å². The molecular weight excluding hydrogens is 276 g/mol. The standard InChI is InChI=1S/C17H16N4O/c1-2-8-21-16-10(9-19-21)6-7-11-14-12(17(18)22)4-3-5-13(14)20-15(11)16/h3-7,9,19H,2,8H2,1H3,(H2,18,22). The van der Waals surface area contributed by atoms with Crippen LogP contribution in [0.2, 0.25) is 0 Å². The average molecular weight is 292 g/mol. The molecule has 5 nitrogen and oxygen atoms in total. The fourth-order valence-electron chi connectivity index (χ4n) is 3.16. The highest BCUT2D eigenvalue weighted by molar-refractivity contribution is 6.21. The van der Waals surface area contributed by atoms with Gasteiger partial charge in [-0.05, 0) is 18.6 Å².